The van der Waals surface area contributed by atoms with Crippen LogP contribution in [0.5, 0.6) is 0 Å². The van der Waals surface area contributed by atoms with Crippen LogP contribution in [0.1, 0.15) is 26.2 Å². The minimum absolute atomic E-state index is 0.0623. The summed E-state index contributed by atoms with van der Waals surface area (Å²) in [7, 11) is 1.27. The van der Waals surface area contributed by atoms with Gasteiger partial charge in [0.2, 0.25) is 0 Å². The van der Waals surface area contributed by atoms with Crippen molar-refractivity contribution >= 4 is 11.9 Å². The lowest BCUT2D eigenvalue weighted by Crippen LogP contribution is -2.60. The second-order valence-corrected chi connectivity index (χ2v) is 5.92. The van der Waals surface area contributed by atoms with Crippen LogP contribution in [0.25, 0.3) is 0 Å². The molecule has 3 rings (SSSR count). The highest BCUT2D eigenvalue weighted by Gasteiger charge is 2.71. The van der Waals surface area contributed by atoms with Crippen molar-refractivity contribution in [2.24, 2.45) is 11.3 Å². The largest absolute Gasteiger partial charge is 0.468 e. The van der Waals surface area contributed by atoms with Crippen LogP contribution in [0.2, 0.25) is 0 Å². The van der Waals surface area contributed by atoms with Crippen LogP contribution in [0.4, 0.5) is 0 Å². The Morgan fingerprint density at radius 1 is 1.50 bits per heavy atom. The van der Waals surface area contributed by atoms with Crippen molar-refractivity contribution in [1.29, 1.82) is 0 Å². The summed E-state index contributed by atoms with van der Waals surface area (Å²) in [5.74, 6) is -1.23. The fourth-order valence-electron chi connectivity index (χ4n) is 4.28. The molecule has 0 saturated heterocycles. The molecule has 1 aliphatic heterocycles. The van der Waals surface area contributed by atoms with E-state index in [1.165, 1.54) is 7.11 Å². The number of fused-ring (bicyclic) bond motifs is 2. The molecule has 6 nitrogen and oxygen atoms in total. The molecule has 0 bridgehead atoms. The number of carbonyl (C=O) groups is 2. The molecule has 0 aromatic carbocycles. The number of methoxy groups -OCH3 is 1. The second-order valence-electron chi connectivity index (χ2n) is 5.92. The number of hydrogen-bond acceptors (Lipinski definition) is 6. The molecule has 6 heteroatoms. The average Bonchev–Trinajstić information content (AvgIpc) is 2.89. The Labute approximate surface area is 116 Å². The molecule has 1 fully saturated rings. The summed E-state index contributed by atoms with van der Waals surface area (Å²) in [6.45, 7) is 1.76. The fourth-order valence-corrected chi connectivity index (χ4v) is 4.28. The summed E-state index contributed by atoms with van der Waals surface area (Å²) >= 11 is 0. The number of esters is 2. The van der Waals surface area contributed by atoms with Gasteiger partial charge in [0.1, 0.15) is 17.6 Å². The molecule has 2 N–H and O–H groups in total. The highest BCUT2D eigenvalue weighted by Crippen LogP contribution is 2.61. The summed E-state index contributed by atoms with van der Waals surface area (Å²) in [6.07, 6.45) is -0.168. The van der Waals surface area contributed by atoms with Gasteiger partial charge in [0, 0.05) is 11.1 Å². The Morgan fingerprint density at radius 3 is 2.85 bits per heavy atom. The van der Waals surface area contributed by atoms with Crippen LogP contribution < -0.4 is 0 Å². The van der Waals surface area contributed by atoms with E-state index in [4.69, 9.17) is 9.47 Å². The van der Waals surface area contributed by atoms with Gasteiger partial charge in [-0.2, -0.15) is 0 Å². The fraction of sp³-hybridized carbons (Fsp3) is 0.714. The molecule has 0 amide bonds. The van der Waals surface area contributed by atoms with Gasteiger partial charge in [-0.15, -0.1) is 0 Å². The van der Waals surface area contributed by atoms with Crippen LogP contribution in [-0.2, 0) is 19.1 Å². The number of carbonyl (C=O) groups excluding carboxylic acids is 2. The third-order valence-corrected chi connectivity index (χ3v) is 5.32. The van der Waals surface area contributed by atoms with Crippen LogP contribution in [0, 0.1) is 11.3 Å². The Bertz CT molecular complexity index is 524. The zero-order chi connectivity index (χ0) is 14.7. The van der Waals surface area contributed by atoms with E-state index in [2.05, 4.69) is 0 Å². The van der Waals surface area contributed by atoms with Gasteiger partial charge in [-0.25, -0.2) is 4.79 Å². The molecule has 2 aliphatic carbocycles. The zero-order valence-electron chi connectivity index (χ0n) is 11.5. The SMILES string of the molecule is COC(=O)[C@@]12CCC3=C(COC3=O)[C@@]1(O)[C@H](O)C[C@H]2C. The molecule has 1 heterocycles. The molecule has 0 radical (unpaired) electrons. The predicted octanol–water partition coefficient (Wildman–Crippen LogP) is -0.0752. The highest BCUT2D eigenvalue weighted by atomic mass is 16.5. The predicted molar refractivity (Wildman–Crippen MR) is 66.4 cm³/mol. The maximum atomic E-state index is 12.4. The van der Waals surface area contributed by atoms with Crippen LogP contribution in [0.3, 0.4) is 0 Å². The van der Waals surface area contributed by atoms with Gasteiger partial charge in [-0.3, -0.25) is 4.79 Å². The smallest absolute Gasteiger partial charge is 0.334 e. The Kier molecular flexibility index (Phi) is 2.75. The van der Waals surface area contributed by atoms with Crippen molar-refractivity contribution in [3.8, 4) is 0 Å². The van der Waals surface area contributed by atoms with E-state index < -0.39 is 29.1 Å². The van der Waals surface area contributed by atoms with Crippen molar-refractivity contribution in [3.05, 3.63) is 11.1 Å². The molecule has 20 heavy (non-hydrogen) atoms. The number of rotatable bonds is 1. The van der Waals surface area contributed by atoms with E-state index in [0.717, 1.165) is 0 Å². The lowest BCUT2D eigenvalue weighted by molar-refractivity contribution is -0.178. The lowest BCUT2D eigenvalue weighted by Gasteiger charge is -2.46. The molecule has 0 aromatic rings. The summed E-state index contributed by atoms with van der Waals surface area (Å²) in [6, 6.07) is 0. The van der Waals surface area contributed by atoms with Crippen molar-refractivity contribution in [1.82, 2.24) is 0 Å². The Morgan fingerprint density at radius 2 is 2.20 bits per heavy atom. The van der Waals surface area contributed by atoms with E-state index in [9.17, 15) is 19.8 Å². The molecular formula is C14H18O6. The summed E-state index contributed by atoms with van der Waals surface area (Å²) < 4.78 is 9.87. The average molecular weight is 282 g/mol. The number of cyclic esters (lactones) is 1. The van der Waals surface area contributed by atoms with Crippen molar-refractivity contribution in [2.45, 2.75) is 37.9 Å². The first kappa shape index (κ1) is 13.6. The Hall–Kier alpha value is -1.40. The molecular weight excluding hydrogens is 264 g/mol. The van der Waals surface area contributed by atoms with Gasteiger partial charge >= 0.3 is 11.9 Å². The van der Waals surface area contributed by atoms with Crippen LogP contribution in [-0.4, -0.2) is 47.6 Å². The molecule has 4 atom stereocenters. The highest BCUT2D eigenvalue weighted by molar-refractivity contribution is 5.94. The molecule has 0 aromatic heterocycles. The summed E-state index contributed by atoms with van der Waals surface area (Å²) in [4.78, 5) is 24.0. The monoisotopic (exact) mass is 282 g/mol. The van der Waals surface area contributed by atoms with Gasteiger partial charge in [0.25, 0.3) is 0 Å². The first-order chi connectivity index (χ1) is 9.39. The molecule has 0 spiro atoms. The van der Waals surface area contributed by atoms with Gasteiger partial charge < -0.3 is 19.7 Å². The molecule has 110 valence electrons. The first-order valence-electron chi connectivity index (χ1n) is 6.78. The van der Waals surface area contributed by atoms with Crippen molar-refractivity contribution < 1.29 is 29.3 Å². The van der Waals surface area contributed by atoms with E-state index in [0.29, 0.717) is 17.6 Å². The van der Waals surface area contributed by atoms with Crippen LogP contribution in [0.15, 0.2) is 11.1 Å². The topological polar surface area (TPSA) is 93.1 Å². The van der Waals surface area contributed by atoms with Gasteiger partial charge in [-0.05, 0) is 25.2 Å². The van der Waals surface area contributed by atoms with Crippen LogP contribution >= 0.6 is 0 Å². The lowest BCUT2D eigenvalue weighted by atomic mass is 9.59. The summed E-state index contributed by atoms with van der Waals surface area (Å²) in [5, 5.41) is 21.5. The minimum atomic E-state index is -1.76. The van der Waals surface area contributed by atoms with E-state index >= 15 is 0 Å². The number of hydrogen-bond donors (Lipinski definition) is 2. The quantitative estimate of drug-likeness (QED) is 0.654. The molecule has 0 unspecified atom stereocenters. The van der Waals surface area contributed by atoms with E-state index in [-0.39, 0.29) is 25.4 Å². The van der Waals surface area contributed by atoms with Crippen molar-refractivity contribution in [2.75, 3.05) is 13.7 Å². The second kappa shape index (κ2) is 4.05. The van der Waals surface area contributed by atoms with Gasteiger partial charge in [-0.1, -0.05) is 6.92 Å². The molecule has 3 aliphatic rings. The number of aliphatic hydroxyl groups excluding tert-OH is 1. The van der Waals surface area contributed by atoms with E-state index in [1.807, 2.05) is 6.92 Å². The van der Waals surface area contributed by atoms with Gasteiger partial charge in [0.05, 0.1) is 13.2 Å². The minimum Gasteiger partial charge on any atom is -0.468 e. The van der Waals surface area contributed by atoms with Gasteiger partial charge in [0.15, 0.2) is 0 Å². The standard InChI is InChI=1S/C14H18O6/c1-7-5-10(15)14(18)9-6-20-11(16)8(9)3-4-13(7,14)12(17)19-2/h7,10,15,18H,3-6H2,1-2H3/t7-,10-,13+,14-/m1/s1. The Balaban J connectivity index is 2.21. The van der Waals surface area contributed by atoms with E-state index in [1.54, 1.807) is 0 Å². The number of aliphatic hydroxyl groups is 2. The summed E-state index contributed by atoms with van der Waals surface area (Å²) in [5.41, 5.74) is -2.20. The number of ether oxygens (including phenoxy) is 2. The zero-order valence-corrected chi connectivity index (χ0v) is 11.5. The maximum absolute atomic E-state index is 12.4. The first-order valence-corrected chi connectivity index (χ1v) is 6.78. The molecule has 1 saturated carbocycles. The normalized spacial score (nSPS) is 43.1. The maximum Gasteiger partial charge on any atom is 0.334 e. The van der Waals surface area contributed by atoms with Crippen molar-refractivity contribution in [3.63, 3.8) is 0 Å². The third kappa shape index (κ3) is 1.26. The third-order valence-electron chi connectivity index (χ3n) is 5.32.